The van der Waals surface area contributed by atoms with E-state index in [4.69, 9.17) is 5.73 Å². The van der Waals surface area contributed by atoms with Crippen molar-refractivity contribution in [1.29, 1.82) is 0 Å². The van der Waals surface area contributed by atoms with Gasteiger partial charge in [0.15, 0.2) is 0 Å². The number of nitrogen functional groups attached to an aromatic ring is 1. The Morgan fingerprint density at radius 3 is 2.45 bits per heavy atom. The van der Waals surface area contributed by atoms with E-state index >= 15 is 0 Å². The second-order valence-electron chi connectivity index (χ2n) is 4.61. The summed E-state index contributed by atoms with van der Waals surface area (Å²) in [5, 5.41) is 5.66. The number of urea groups is 1. The van der Waals surface area contributed by atoms with Gasteiger partial charge in [-0.3, -0.25) is 0 Å². The lowest BCUT2D eigenvalue weighted by atomic mass is 10.1. The first-order valence-corrected chi connectivity index (χ1v) is 6.70. The summed E-state index contributed by atoms with van der Waals surface area (Å²) in [5.41, 5.74) is 8.98. The number of hydrogen-bond donors (Lipinski definition) is 3. The number of carbonyl (C=O) groups excluding carboxylic acids is 1. The lowest BCUT2D eigenvalue weighted by molar-refractivity contribution is 0.262. The predicted octanol–water partition coefficient (Wildman–Crippen LogP) is 3.87. The Hall–Kier alpha value is -2.49. The molecule has 2 aromatic rings. The van der Waals surface area contributed by atoms with Crippen LogP contribution in [0.1, 0.15) is 18.9 Å². The first kappa shape index (κ1) is 13.9. The van der Waals surface area contributed by atoms with Gasteiger partial charge in [0, 0.05) is 17.1 Å². The Balaban J connectivity index is 2.02. The maximum absolute atomic E-state index is 12.0. The minimum atomic E-state index is -0.252. The average molecular weight is 269 g/mol. The Labute approximate surface area is 119 Å². The summed E-state index contributed by atoms with van der Waals surface area (Å²) in [6.45, 7) is 2.12. The largest absolute Gasteiger partial charge is 0.399 e. The Bertz CT molecular complexity index is 579. The number of rotatable bonds is 4. The molecule has 2 rings (SSSR count). The molecule has 0 aromatic heterocycles. The highest BCUT2D eigenvalue weighted by Crippen LogP contribution is 2.17. The van der Waals surface area contributed by atoms with Gasteiger partial charge in [-0.2, -0.15) is 0 Å². The molecule has 0 saturated carbocycles. The van der Waals surface area contributed by atoms with Crippen LogP contribution >= 0.6 is 0 Å². The summed E-state index contributed by atoms with van der Waals surface area (Å²) in [6, 6.07) is 14.6. The van der Waals surface area contributed by atoms with Gasteiger partial charge in [0.2, 0.25) is 0 Å². The van der Waals surface area contributed by atoms with Crippen LogP contribution in [-0.2, 0) is 6.42 Å². The number of benzene rings is 2. The zero-order chi connectivity index (χ0) is 14.4. The molecular weight excluding hydrogens is 250 g/mol. The molecule has 4 nitrogen and oxygen atoms in total. The minimum absolute atomic E-state index is 0.252. The van der Waals surface area contributed by atoms with Crippen molar-refractivity contribution in [2.24, 2.45) is 0 Å². The van der Waals surface area contributed by atoms with E-state index in [9.17, 15) is 4.79 Å². The number of nitrogens with two attached hydrogens (primary N) is 1. The second-order valence-corrected chi connectivity index (χ2v) is 4.61. The van der Waals surface area contributed by atoms with Gasteiger partial charge >= 0.3 is 6.03 Å². The van der Waals surface area contributed by atoms with E-state index in [1.165, 1.54) is 0 Å². The highest BCUT2D eigenvalue weighted by Gasteiger charge is 2.06. The van der Waals surface area contributed by atoms with E-state index < -0.39 is 0 Å². The molecule has 0 aliphatic rings. The summed E-state index contributed by atoms with van der Waals surface area (Å²) < 4.78 is 0. The van der Waals surface area contributed by atoms with Crippen molar-refractivity contribution < 1.29 is 4.79 Å². The van der Waals surface area contributed by atoms with Crippen molar-refractivity contribution in [1.82, 2.24) is 0 Å². The number of amides is 2. The van der Waals surface area contributed by atoms with Gasteiger partial charge in [0.05, 0.1) is 0 Å². The van der Waals surface area contributed by atoms with Gasteiger partial charge in [-0.25, -0.2) is 4.79 Å². The highest BCUT2D eigenvalue weighted by atomic mass is 16.2. The van der Waals surface area contributed by atoms with Crippen LogP contribution in [0.5, 0.6) is 0 Å². The van der Waals surface area contributed by atoms with Crippen LogP contribution in [0, 0.1) is 0 Å². The number of para-hydroxylation sites is 1. The lowest BCUT2D eigenvalue weighted by Gasteiger charge is -2.11. The molecule has 104 valence electrons. The number of hydrogen-bond acceptors (Lipinski definition) is 2. The normalized spacial score (nSPS) is 10.1. The predicted molar refractivity (Wildman–Crippen MR) is 83.9 cm³/mol. The van der Waals surface area contributed by atoms with Crippen LogP contribution in [0.4, 0.5) is 21.9 Å². The summed E-state index contributed by atoms with van der Waals surface area (Å²) in [4.78, 5) is 12.0. The molecule has 2 amide bonds. The standard InChI is InChI=1S/C16H19N3O/c1-2-5-12-6-3-4-7-15(12)19-16(20)18-14-10-8-13(17)9-11-14/h3-4,6-11H,2,5,17H2,1H3,(H2,18,19,20). The number of nitrogens with one attached hydrogen (secondary N) is 2. The maximum Gasteiger partial charge on any atom is 0.323 e. The van der Waals surface area contributed by atoms with Crippen LogP contribution in [0.15, 0.2) is 48.5 Å². The maximum atomic E-state index is 12.0. The van der Waals surface area contributed by atoms with Gasteiger partial charge in [-0.05, 0) is 42.3 Å². The van der Waals surface area contributed by atoms with Crippen molar-refractivity contribution in [3.05, 3.63) is 54.1 Å². The second kappa shape index (κ2) is 6.61. The third-order valence-corrected chi connectivity index (χ3v) is 2.95. The van der Waals surface area contributed by atoms with E-state index in [1.807, 2.05) is 24.3 Å². The molecule has 0 unspecified atom stereocenters. The highest BCUT2D eigenvalue weighted by molar-refractivity contribution is 6.00. The summed E-state index contributed by atoms with van der Waals surface area (Å²) in [6.07, 6.45) is 1.98. The van der Waals surface area contributed by atoms with E-state index in [0.717, 1.165) is 24.1 Å². The summed E-state index contributed by atoms with van der Waals surface area (Å²) in [5.74, 6) is 0. The minimum Gasteiger partial charge on any atom is -0.399 e. The van der Waals surface area contributed by atoms with E-state index in [1.54, 1.807) is 24.3 Å². The third-order valence-electron chi connectivity index (χ3n) is 2.95. The molecule has 0 heterocycles. The molecule has 0 aliphatic heterocycles. The molecule has 2 aromatic carbocycles. The molecule has 0 fully saturated rings. The van der Waals surface area contributed by atoms with E-state index in [-0.39, 0.29) is 6.03 Å². The molecular formula is C16H19N3O. The fourth-order valence-electron chi connectivity index (χ4n) is 1.98. The van der Waals surface area contributed by atoms with Crippen LogP contribution in [-0.4, -0.2) is 6.03 Å². The topological polar surface area (TPSA) is 67.2 Å². The molecule has 0 aliphatic carbocycles. The zero-order valence-electron chi connectivity index (χ0n) is 11.5. The molecule has 0 saturated heterocycles. The van der Waals surface area contributed by atoms with Crippen molar-refractivity contribution in [3.8, 4) is 0 Å². The average Bonchev–Trinajstić information content (AvgIpc) is 2.44. The van der Waals surface area contributed by atoms with Gasteiger partial charge in [0.1, 0.15) is 0 Å². The van der Waals surface area contributed by atoms with Crippen LogP contribution in [0.3, 0.4) is 0 Å². The lowest BCUT2D eigenvalue weighted by Crippen LogP contribution is -2.20. The number of anilines is 3. The zero-order valence-corrected chi connectivity index (χ0v) is 11.5. The summed E-state index contributed by atoms with van der Waals surface area (Å²) >= 11 is 0. The van der Waals surface area contributed by atoms with Gasteiger partial charge < -0.3 is 16.4 Å². The Kier molecular flexibility index (Phi) is 4.60. The van der Waals surface area contributed by atoms with Gasteiger partial charge in [-0.1, -0.05) is 31.5 Å². The fraction of sp³-hybridized carbons (Fsp3) is 0.188. The molecule has 4 N–H and O–H groups in total. The fourth-order valence-corrected chi connectivity index (χ4v) is 1.98. The van der Waals surface area contributed by atoms with Crippen molar-refractivity contribution >= 4 is 23.1 Å². The monoisotopic (exact) mass is 269 g/mol. The number of aryl methyl sites for hydroxylation is 1. The SMILES string of the molecule is CCCc1ccccc1NC(=O)Nc1ccc(N)cc1. The van der Waals surface area contributed by atoms with Crippen LogP contribution in [0.25, 0.3) is 0 Å². The van der Waals surface area contributed by atoms with E-state index in [0.29, 0.717) is 11.4 Å². The van der Waals surface area contributed by atoms with Crippen molar-refractivity contribution in [2.75, 3.05) is 16.4 Å². The quantitative estimate of drug-likeness (QED) is 0.738. The molecule has 0 bridgehead atoms. The van der Waals surface area contributed by atoms with Crippen molar-refractivity contribution in [3.63, 3.8) is 0 Å². The summed E-state index contributed by atoms with van der Waals surface area (Å²) in [7, 11) is 0. The number of carbonyl (C=O) groups is 1. The Morgan fingerprint density at radius 2 is 1.75 bits per heavy atom. The van der Waals surface area contributed by atoms with E-state index in [2.05, 4.69) is 17.6 Å². The van der Waals surface area contributed by atoms with Gasteiger partial charge in [0.25, 0.3) is 0 Å². The Morgan fingerprint density at radius 1 is 1.05 bits per heavy atom. The van der Waals surface area contributed by atoms with Crippen molar-refractivity contribution in [2.45, 2.75) is 19.8 Å². The first-order chi connectivity index (χ1) is 9.69. The van der Waals surface area contributed by atoms with Gasteiger partial charge in [-0.15, -0.1) is 0 Å². The smallest absolute Gasteiger partial charge is 0.323 e. The molecule has 0 radical (unpaired) electrons. The molecule has 20 heavy (non-hydrogen) atoms. The first-order valence-electron chi connectivity index (χ1n) is 6.70. The molecule has 0 spiro atoms. The molecule has 4 heteroatoms. The third kappa shape index (κ3) is 3.75. The molecule has 0 atom stereocenters. The van der Waals surface area contributed by atoms with Crippen LogP contribution < -0.4 is 16.4 Å². The van der Waals surface area contributed by atoms with Crippen LogP contribution in [0.2, 0.25) is 0 Å².